The predicted octanol–water partition coefficient (Wildman–Crippen LogP) is 4.41. The van der Waals surface area contributed by atoms with Gasteiger partial charge in [0.15, 0.2) is 5.43 Å². The zero-order chi connectivity index (χ0) is 21.3. The van der Waals surface area contributed by atoms with Crippen molar-refractivity contribution in [3.63, 3.8) is 0 Å². The Kier molecular flexibility index (Phi) is 5.01. The highest BCUT2D eigenvalue weighted by atomic mass is 32.2. The number of sulfonamides is 1. The number of para-hydroxylation sites is 1. The Balaban J connectivity index is 1.73. The summed E-state index contributed by atoms with van der Waals surface area (Å²) in [6.07, 6.45) is 0. The molecule has 0 saturated heterocycles. The number of anilines is 1. The standard InChI is InChI=1S/C22H16FNO5S/c1-28-20-5-3-2-4-17(20)22-13-19(25)18-12-15(8-11-21(18)29-22)24-30(26,27)16-9-6-14(23)7-10-16/h2-13,24H,1H3. The van der Waals surface area contributed by atoms with Crippen molar-refractivity contribution in [1.29, 1.82) is 0 Å². The van der Waals surface area contributed by atoms with Crippen molar-refractivity contribution in [2.45, 2.75) is 4.90 Å². The van der Waals surface area contributed by atoms with E-state index in [9.17, 15) is 17.6 Å². The Morgan fingerprint density at radius 3 is 2.43 bits per heavy atom. The summed E-state index contributed by atoms with van der Waals surface area (Å²) >= 11 is 0. The van der Waals surface area contributed by atoms with E-state index in [0.29, 0.717) is 22.7 Å². The number of benzene rings is 3. The molecule has 0 aliphatic rings. The molecule has 0 bridgehead atoms. The summed E-state index contributed by atoms with van der Waals surface area (Å²) in [5.41, 5.74) is 0.775. The van der Waals surface area contributed by atoms with Crippen LogP contribution in [-0.2, 0) is 10.0 Å². The highest BCUT2D eigenvalue weighted by Crippen LogP contribution is 2.31. The van der Waals surface area contributed by atoms with E-state index < -0.39 is 15.8 Å². The highest BCUT2D eigenvalue weighted by Gasteiger charge is 2.16. The minimum Gasteiger partial charge on any atom is -0.496 e. The molecular weight excluding hydrogens is 409 g/mol. The van der Waals surface area contributed by atoms with Crippen LogP contribution < -0.4 is 14.9 Å². The highest BCUT2D eigenvalue weighted by molar-refractivity contribution is 7.92. The second-order valence-electron chi connectivity index (χ2n) is 6.45. The van der Waals surface area contributed by atoms with Crippen LogP contribution in [0, 0.1) is 5.82 Å². The molecule has 8 heteroatoms. The molecule has 152 valence electrons. The number of rotatable bonds is 5. The minimum absolute atomic E-state index is 0.0949. The summed E-state index contributed by atoms with van der Waals surface area (Å²) in [6, 6.07) is 17.3. The molecule has 0 unspecified atom stereocenters. The predicted molar refractivity (Wildman–Crippen MR) is 112 cm³/mol. The average molecular weight is 425 g/mol. The summed E-state index contributed by atoms with van der Waals surface area (Å²) < 4.78 is 51.6. The van der Waals surface area contributed by atoms with Crippen molar-refractivity contribution in [2.24, 2.45) is 0 Å². The first kappa shape index (κ1) is 19.7. The van der Waals surface area contributed by atoms with Gasteiger partial charge in [-0.2, -0.15) is 0 Å². The lowest BCUT2D eigenvalue weighted by Crippen LogP contribution is -2.13. The van der Waals surface area contributed by atoms with E-state index >= 15 is 0 Å². The molecule has 0 atom stereocenters. The third-order valence-corrected chi connectivity index (χ3v) is 5.87. The van der Waals surface area contributed by atoms with Crippen LogP contribution in [0.2, 0.25) is 0 Å². The van der Waals surface area contributed by atoms with E-state index in [1.807, 2.05) is 0 Å². The van der Waals surface area contributed by atoms with Gasteiger partial charge in [0.25, 0.3) is 10.0 Å². The summed E-state index contributed by atoms with van der Waals surface area (Å²) in [5.74, 6) is 0.358. The van der Waals surface area contributed by atoms with Gasteiger partial charge in [-0.25, -0.2) is 12.8 Å². The normalized spacial score (nSPS) is 11.4. The van der Waals surface area contributed by atoms with Gasteiger partial charge in [0.05, 0.1) is 23.0 Å². The number of halogens is 1. The molecule has 1 heterocycles. The van der Waals surface area contributed by atoms with Crippen molar-refractivity contribution in [3.8, 4) is 17.1 Å². The fraction of sp³-hybridized carbons (Fsp3) is 0.0455. The molecule has 30 heavy (non-hydrogen) atoms. The molecule has 6 nitrogen and oxygen atoms in total. The average Bonchev–Trinajstić information content (AvgIpc) is 2.74. The number of fused-ring (bicyclic) bond motifs is 1. The summed E-state index contributed by atoms with van der Waals surface area (Å²) in [4.78, 5) is 12.6. The molecule has 0 aliphatic carbocycles. The van der Waals surface area contributed by atoms with Crippen LogP contribution >= 0.6 is 0 Å². The van der Waals surface area contributed by atoms with Gasteiger partial charge in [0, 0.05) is 11.8 Å². The number of hydrogen-bond acceptors (Lipinski definition) is 5. The van der Waals surface area contributed by atoms with Crippen LogP contribution in [0.25, 0.3) is 22.3 Å². The van der Waals surface area contributed by atoms with Crippen molar-refractivity contribution in [3.05, 3.63) is 88.8 Å². The van der Waals surface area contributed by atoms with Gasteiger partial charge >= 0.3 is 0 Å². The Labute approximate surface area is 171 Å². The minimum atomic E-state index is -3.94. The molecule has 0 aliphatic heterocycles. The lowest BCUT2D eigenvalue weighted by Gasteiger charge is -2.10. The van der Waals surface area contributed by atoms with Gasteiger partial charge in [-0.3, -0.25) is 9.52 Å². The van der Waals surface area contributed by atoms with Gasteiger partial charge in [-0.1, -0.05) is 12.1 Å². The van der Waals surface area contributed by atoms with E-state index in [0.717, 1.165) is 24.3 Å². The molecule has 4 aromatic rings. The van der Waals surface area contributed by atoms with E-state index in [-0.39, 0.29) is 21.4 Å². The first-order chi connectivity index (χ1) is 14.4. The Hall–Kier alpha value is -3.65. The first-order valence-electron chi connectivity index (χ1n) is 8.87. The zero-order valence-corrected chi connectivity index (χ0v) is 16.6. The number of methoxy groups -OCH3 is 1. The molecule has 1 N–H and O–H groups in total. The second kappa shape index (κ2) is 7.64. The number of nitrogens with one attached hydrogen (secondary N) is 1. The third-order valence-electron chi connectivity index (χ3n) is 4.48. The van der Waals surface area contributed by atoms with Crippen LogP contribution in [0.1, 0.15) is 0 Å². The van der Waals surface area contributed by atoms with Gasteiger partial charge in [0.2, 0.25) is 0 Å². The lowest BCUT2D eigenvalue weighted by atomic mass is 10.1. The lowest BCUT2D eigenvalue weighted by molar-refractivity contribution is 0.415. The van der Waals surface area contributed by atoms with E-state index in [1.54, 1.807) is 24.3 Å². The molecule has 0 spiro atoms. The van der Waals surface area contributed by atoms with Gasteiger partial charge < -0.3 is 9.15 Å². The summed E-state index contributed by atoms with van der Waals surface area (Å²) in [6.45, 7) is 0. The van der Waals surface area contributed by atoms with E-state index in [4.69, 9.17) is 9.15 Å². The fourth-order valence-corrected chi connectivity index (χ4v) is 4.08. The SMILES string of the molecule is COc1ccccc1-c1cc(=O)c2cc(NS(=O)(=O)c3ccc(F)cc3)ccc2o1. The van der Waals surface area contributed by atoms with Gasteiger partial charge in [-0.05, 0) is 54.6 Å². The van der Waals surface area contributed by atoms with Crippen molar-refractivity contribution >= 4 is 26.7 Å². The maximum Gasteiger partial charge on any atom is 0.261 e. The number of ether oxygens (including phenoxy) is 1. The van der Waals surface area contributed by atoms with Crippen LogP contribution in [-0.4, -0.2) is 15.5 Å². The van der Waals surface area contributed by atoms with Crippen LogP contribution in [0.15, 0.2) is 86.9 Å². The summed E-state index contributed by atoms with van der Waals surface area (Å²) in [7, 11) is -2.41. The molecule has 1 aromatic heterocycles. The first-order valence-corrected chi connectivity index (χ1v) is 10.4. The molecule has 0 fully saturated rings. The van der Waals surface area contributed by atoms with E-state index in [1.165, 1.54) is 31.4 Å². The van der Waals surface area contributed by atoms with Crippen molar-refractivity contribution in [1.82, 2.24) is 0 Å². The Morgan fingerprint density at radius 1 is 0.967 bits per heavy atom. The smallest absolute Gasteiger partial charge is 0.261 e. The molecule has 4 rings (SSSR count). The quantitative estimate of drug-likeness (QED) is 0.512. The summed E-state index contributed by atoms with van der Waals surface area (Å²) in [5, 5.41) is 0.216. The van der Waals surface area contributed by atoms with Crippen molar-refractivity contribution < 1.29 is 22.0 Å². The zero-order valence-electron chi connectivity index (χ0n) is 15.8. The third kappa shape index (κ3) is 3.77. The molecule has 0 saturated carbocycles. The van der Waals surface area contributed by atoms with Gasteiger partial charge in [-0.15, -0.1) is 0 Å². The molecule has 0 radical (unpaired) electrons. The largest absolute Gasteiger partial charge is 0.496 e. The second-order valence-corrected chi connectivity index (χ2v) is 8.13. The molecular formula is C22H16FNO5S. The molecule has 3 aromatic carbocycles. The van der Waals surface area contributed by atoms with Crippen LogP contribution in [0.3, 0.4) is 0 Å². The van der Waals surface area contributed by atoms with Crippen LogP contribution in [0.4, 0.5) is 10.1 Å². The van der Waals surface area contributed by atoms with Crippen LogP contribution in [0.5, 0.6) is 5.75 Å². The van der Waals surface area contributed by atoms with Crippen molar-refractivity contribution in [2.75, 3.05) is 11.8 Å². The van der Waals surface area contributed by atoms with Gasteiger partial charge in [0.1, 0.15) is 22.9 Å². The maximum atomic E-state index is 13.1. The Bertz CT molecular complexity index is 1400. The monoisotopic (exact) mass is 425 g/mol. The molecule has 0 amide bonds. The Morgan fingerprint density at radius 2 is 1.70 bits per heavy atom. The number of hydrogen-bond donors (Lipinski definition) is 1. The maximum absolute atomic E-state index is 13.1. The fourth-order valence-electron chi connectivity index (χ4n) is 3.03. The van der Waals surface area contributed by atoms with E-state index in [2.05, 4.69) is 4.72 Å². The topological polar surface area (TPSA) is 85.6 Å².